The molecule has 0 aliphatic heterocycles. The van der Waals surface area contributed by atoms with Crippen molar-refractivity contribution in [1.82, 2.24) is 0 Å². The van der Waals surface area contributed by atoms with E-state index in [-0.39, 0.29) is 5.56 Å². The predicted octanol–water partition coefficient (Wildman–Crippen LogP) is 9.38. The van der Waals surface area contributed by atoms with E-state index in [9.17, 15) is 0 Å². The van der Waals surface area contributed by atoms with Gasteiger partial charge in [0, 0.05) is 0 Å². The maximum Gasteiger partial charge on any atom is 0.226 e. The molecule has 0 aliphatic carbocycles. The maximum atomic E-state index is 6.34. The Morgan fingerprint density at radius 3 is 1.16 bits per heavy atom. The third-order valence-electron chi connectivity index (χ3n) is 3.07. The molecule has 0 atom stereocenters. The lowest BCUT2D eigenvalue weighted by Gasteiger charge is -2.50. The van der Waals surface area contributed by atoms with Crippen LogP contribution >= 0.6 is 151 Å². The second-order valence-electron chi connectivity index (χ2n) is 4.74. The maximum absolute atomic E-state index is 6.34. The van der Waals surface area contributed by atoms with Gasteiger partial charge in [-0.1, -0.05) is 181 Å². The fourth-order valence-electron chi connectivity index (χ4n) is 1.60. The van der Waals surface area contributed by atoms with E-state index in [1.54, 1.807) is 18.2 Å². The average Bonchev–Trinajstić information content (AvgIpc) is 2.46. The largest absolute Gasteiger partial charge is 0.226 e. The topological polar surface area (TPSA) is 0 Å². The summed E-state index contributed by atoms with van der Waals surface area (Å²) in [5, 5.41) is 0. The van der Waals surface area contributed by atoms with Gasteiger partial charge in [0.05, 0.1) is 0 Å². The monoisotopic (exact) mass is 604 g/mol. The zero-order valence-electron chi connectivity index (χ0n) is 11.3. The van der Waals surface area contributed by atoms with Gasteiger partial charge in [-0.2, -0.15) is 0 Å². The van der Waals surface area contributed by atoms with E-state index in [4.69, 9.17) is 151 Å². The van der Waals surface area contributed by atoms with Crippen LogP contribution in [0, 0.1) is 0 Å². The SMILES string of the molecule is ClC(Cl)(Cl)C(Cl)(Cl)C(Cl)(Cl)C(Cl)(Cl)C(Cl)(Cl)C(Cl)(Cl)c1ccccc1. The van der Waals surface area contributed by atoms with Gasteiger partial charge in [-0.15, -0.1) is 0 Å². The molecule has 0 heterocycles. The lowest BCUT2D eigenvalue weighted by atomic mass is 10.0. The highest BCUT2D eigenvalue weighted by Crippen LogP contribution is 2.70. The molecule has 0 aliphatic rings. The molecule has 0 N–H and O–H groups in total. The standard InChI is InChI=1S/C12H5Cl13/c13-7(14,6-4-2-1-3-5-6)8(15,16)9(17,18)10(19,20)11(21,22)12(23,24)25/h1-5H. The van der Waals surface area contributed by atoms with Crippen molar-refractivity contribution in [3.8, 4) is 0 Å². The van der Waals surface area contributed by atoms with Crippen LogP contribution in [0.4, 0.5) is 0 Å². The lowest BCUT2D eigenvalue weighted by molar-refractivity contribution is 0.501. The van der Waals surface area contributed by atoms with Crippen LogP contribution in [0.5, 0.6) is 0 Å². The number of halogens is 13. The summed E-state index contributed by atoms with van der Waals surface area (Å²) in [6, 6.07) is 7.96. The molecule has 0 spiro atoms. The van der Waals surface area contributed by atoms with E-state index in [0.717, 1.165) is 0 Å². The summed E-state index contributed by atoms with van der Waals surface area (Å²) in [5.41, 5.74) is 0.224. The Hall–Kier alpha value is 2.99. The second-order valence-corrected chi connectivity index (χ2v) is 13.7. The number of benzene rings is 1. The molecule has 1 rings (SSSR count). The Labute approximate surface area is 210 Å². The molecule has 0 saturated carbocycles. The van der Waals surface area contributed by atoms with Crippen molar-refractivity contribution in [2.24, 2.45) is 0 Å². The highest BCUT2D eigenvalue weighted by Gasteiger charge is 2.76. The smallest absolute Gasteiger partial charge is 0.0946 e. The minimum absolute atomic E-state index is 0.224. The first-order valence-electron chi connectivity index (χ1n) is 5.87. The lowest BCUT2D eigenvalue weighted by Crippen LogP contribution is -2.65. The molecule has 0 bridgehead atoms. The van der Waals surface area contributed by atoms with Crippen molar-refractivity contribution < 1.29 is 0 Å². The highest BCUT2D eigenvalue weighted by atomic mass is 35.6. The normalized spacial score (nSPS) is 15.4. The number of hydrogen-bond acceptors (Lipinski definition) is 0. The highest BCUT2D eigenvalue weighted by molar-refractivity contribution is 6.82. The second kappa shape index (κ2) is 8.26. The Kier molecular flexibility index (Phi) is 8.60. The van der Waals surface area contributed by atoms with Gasteiger partial charge >= 0.3 is 0 Å². The molecule has 1 aromatic rings. The van der Waals surface area contributed by atoms with E-state index in [1.165, 1.54) is 12.1 Å². The van der Waals surface area contributed by atoms with Crippen LogP contribution in [0.25, 0.3) is 0 Å². The third kappa shape index (κ3) is 4.39. The molecule has 0 amide bonds. The summed E-state index contributed by atoms with van der Waals surface area (Å²) in [7, 11) is 0. The fraction of sp³-hybridized carbons (Fsp3) is 0.500. The summed E-state index contributed by atoms with van der Waals surface area (Å²) in [4.78, 5) is 0. The van der Waals surface area contributed by atoms with Crippen LogP contribution in [0.1, 0.15) is 5.56 Å². The predicted molar refractivity (Wildman–Crippen MR) is 118 cm³/mol. The zero-order chi connectivity index (χ0) is 20.1. The molecule has 0 radical (unpaired) electrons. The Balaban J connectivity index is 3.54. The van der Waals surface area contributed by atoms with Crippen LogP contribution in [0.2, 0.25) is 0 Å². The first-order chi connectivity index (χ1) is 10.9. The quantitative estimate of drug-likeness (QED) is 0.292. The minimum Gasteiger partial charge on any atom is -0.0946 e. The molecule has 0 saturated heterocycles. The van der Waals surface area contributed by atoms with Crippen LogP contribution in [-0.2, 0) is 4.33 Å². The summed E-state index contributed by atoms with van der Waals surface area (Å²) >= 11 is 79.4. The molecule has 25 heavy (non-hydrogen) atoms. The Morgan fingerprint density at radius 1 is 0.440 bits per heavy atom. The number of hydrogen-bond donors (Lipinski definition) is 0. The molecule has 144 valence electrons. The van der Waals surface area contributed by atoms with Crippen molar-refractivity contribution in [3.63, 3.8) is 0 Å². The summed E-state index contributed by atoms with van der Waals surface area (Å²) in [6.07, 6.45) is 0. The third-order valence-corrected chi connectivity index (χ3v) is 11.6. The van der Waals surface area contributed by atoms with Gasteiger partial charge in [-0.25, -0.2) is 0 Å². The molecule has 0 aromatic heterocycles. The van der Waals surface area contributed by atoms with Crippen LogP contribution in [0.15, 0.2) is 30.3 Å². The van der Waals surface area contributed by atoms with E-state index in [1.807, 2.05) is 0 Å². The average molecular weight is 610 g/mol. The van der Waals surface area contributed by atoms with Gasteiger partial charge in [0.15, 0.2) is 17.3 Å². The summed E-state index contributed by atoms with van der Waals surface area (Å²) in [6.45, 7) is 0. The molecular formula is C12H5Cl13. The van der Waals surface area contributed by atoms with Crippen LogP contribution in [-0.4, -0.2) is 21.1 Å². The van der Waals surface area contributed by atoms with Gasteiger partial charge in [-0.05, 0) is 5.56 Å². The van der Waals surface area contributed by atoms with Crippen molar-refractivity contribution >= 4 is 151 Å². The number of alkyl halides is 13. The van der Waals surface area contributed by atoms with Crippen LogP contribution in [0.3, 0.4) is 0 Å². The number of rotatable bonds is 5. The van der Waals surface area contributed by atoms with Crippen molar-refractivity contribution in [2.75, 3.05) is 0 Å². The first kappa shape index (κ1) is 26.0. The summed E-state index contributed by atoms with van der Waals surface area (Å²) in [5.74, 6) is 0. The van der Waals surface area contributed by atoms with Crippen molar-refractivity contribution in [1.29, 1.82) is 0 Å². The first-order valence-corrected chi connectivity index (χ1v) is 10.8. The molecule has 0 fully saturated rings. The van der Waals surface area contributed by atoms with Crippen molar-refractivity contribution in [3.05, 3.63) is 35.9 Å². The minimum atomic E-state index is -2.68. The van der Waals surface area contributed by atoms with Gasteiger partial charge in [0.25, 0.3) is 0 Å². The molecule has 1 aromatic carbocycles. The van der Waals surface area contributed by atoms with E-state index < -0.39 is 25.5 Å². The Bertz CT molecular complexity index is 599. The molecular weight excluding hydrogens is 605 g/mol. The molecule has 13 heteroatoms. The van der Waals surface area contributed by atoms with Gasteiger partial charge in [0.2, 0.25) is 8.13 Å². The molecule has 0 nitrogen and oxygen atoms in total. The van der Waals surface area contributed by atoms with E-state index in [0.29, 0.717) is 0 Å². The van der Waals surface area contributed by atoms with Gasteiger partial charge in [-0.3, -0.25) is 0 Å². The van der Waals surface area contributed by atoms with E-state index in [2.05, 4.69) is 0 Å². The molecule has 0 unspecified atom stereocenters. The van der Waals surface area contributed by atoms with Gasteiger partial charge < -0.3 is 0 Å². The Morgan fingerprint density at radius 2 is 0.800 bits per heavy atom. The van der Waals surface area contributed by atoms with E-state index >= 15 is 0 Å². The zero-order valence-corrected chi connectivity index (χ0v) is 21.1. The van der Waals surface area contributed by atoms with Crippen molar-refractivity contribution in [2.45, 2.75) is 25.5 Å². The summed E-state index contributed by atoms with van der Waals surface area (Å²) < 4.78 is -15.0. The van der Waals surface area contributed by atoms with Gasteiger partial charge in [0.1, 0.15) is 0 Å². The fourth-order valence-corrected chi connectivity index (χ4v) is 5.35. The van der Waals surface area contributed by atoms with Crippen LogP contribution < -0.4 is 0 Å².